The number of benzene rings is 1. The number of carbonyl (C=O) groups excluding carboxylic acids is 1. The molecule has 0 unspecified atom stereocenters. The van der Waals surface area contributed by atoms with Crippen molar-refractivity contribution in [1.29, 1.82) is 0 Å². The maximum Gasteiger partial charge on any atom is 0.277 e. The first-order valence-electron chi connectivity index (χ1n) is 10.9. The van der Waals surface area contributed by atoms with Gasteiger partial charge in [-0.2, -0.15) is 0 Å². The second-order valence-electron chi connectivity index (χ2n) is 8.03. The molecular formula is C22H30N4O2S. The summed E-state index contributed by atoms with van der Waals surface area (Å²) in [5.74, 6) is 1.33. The van der Waals surface area contributed by atoms with E-state index in [2.05, 4.69) is 32.5 Å². The summed E-state index contributed by atoms with van der Waals surface area (Å²) >= 11 is 1.30. The predicted octanol–water partition coefficient (Wildman–Crippen LogP) is 5.23. The minimum atomic E-state index is -0.0602. The SMILES string of the molecule is O=C(CSc1nnc(C2CCCCC2)o1)Nc1ccc(N2CCCCCC2)cc1. The number of anilines is 2. The van der Waals surface area contributed by atoms with Crippen LogP contribution >= 0.6 is 11.8 Å². The maximum atomic E-state index is 12.3. The van der Waals surface area contributed by atoms with Gasteiger partial charge in [-0.15, -0.1) is 10.2 Å². The van der Waals surface area contributed by atoms with Gasteiger partial charge in [0.05, 0.1) is 5.75 Å². The molecule has 0 spiro atoms. The molecule has 2 fully saturated rings. The van der Waals surface area contributed by atoms with E-state index >= 15 is 0 Å². The number of nitrogens with one attached hydrogen (secondary N) is 1. The Hall–Kier alpha value is -2.02. The third-order valence-corrected chi connectivity index (χ3v) is 6.64. The predicted molar refractivity (Wildman–Crippen MR) is 117 cm³/mol. The first-order chi connectivity index (χ1) is 14.3. The van der Waals surface area contributed by atoms with Crippen molar-refractivity contribution in [3.8, 4) is 0 Å². The fourth-order valence-corrected chi connectivity index (χ4v) is 4.77. The number of hydrogen-bond acceptors (Lipinski definition) is 6. The topological polar surface area (TPSA) is 71.3 Å². The van der Waals surface area contributed by atoms with E-state index in [9.17, 15) is 4.79 Å². The Labute approximate surface area is 176 Å². The third-order valence-electron chi connectivity index (χ3n) is 5.83. The van der Waals surface area contributed by atoms with Crippen molar-refractivity contribution < 1.29 is 9.21 Å². The van der Waals surface area contributed by atoms with Crippen LogP contribution in [0.15, 0.2) is 33.9 Å². The molecule has 1 aliphatic heterocycles. The zero-order valence-corrected chi connectivity index (χ0v) is 17.8. The number of rotatable bonds is 6. The zero-order valence-electron chi connectivity index (χ0n) is 16.9. The van der Waals surface area contributed by atoms with Crippen LogP contribution in [0.1, 0.15) is 69.6 Å². The van der Waals surface area contributed by atoms with Crippen LogP contribution in [-0.4, -0.2) is 34.9 Å². The van der Waals surface area contributed by atoms with Gasteiger partial charge in [-0.05, 0) is 49.9 Å². The lowest BCUT2D eigenvalue weighted by Gasteiger charge is -2.22. The Morgan fingerprint density at radius 3 is 2.41 bits per heavy atom. The average molecular weight is 415 g/mol. The summed E-state index contributed by atoms with van der Waals surface area (Å²) in [6, 6.07) is 8.17. The quantitative estimate of drug-likeness (QED) is 0.653. The average Bonchev–Trinajstić information content (AvgIpc) is 3.07. The normalized spacial score (nSPS) is 18.4. The van der Waals surface area contributed by atoms with Gasteiger partial charge in [0.25, 0.3) is 5.22 Å². The molecule has 0 radical (unpaired) electrons. The summed E-state index contributed by atoms with van der Waals surface area (Å²) in [6.45, 7) is 2.24. The molecule has 0 atom stereocenters. The van der Waals surface area contributed by atoms with E-state index in [1.165, 1.54) is 62.4 Å². The summed E-state index contributed by atoms with van der Waals surface area (Å²) in [4.78, 5) is 14.7. The highest BCUT2D eigenvalue weighted by molar-refractivity contribution is 7.99. The monoisotopic (exact) mass is 414 g/mol. The van der Waals surface area contributed by atoms with Crippen LogP contribution in [0.5, 0.6) is 0 Å². The van der Waals surface area contributed by atoms with Gasteiger partial charge in [0.15, 0.2) is 0 Å². The molecular weight excluding hydrogens is 384 g/mol. The number of hydrogen-bond donors (Lipinski definition) is 1. The highest BCUT2D eigenvalue weighted by Crippen LogP contribution is 2.33. The van der Waals surface area contributed by atoms with Gasteiger partial charge in [0.2, 0.25) is 11.8 Å². The number of aromatic nitrogens is 2. The Balaban J connectivity index is 1.25. The molecule has 4 rings (SSSR count). The van der Waals surface area contributed by atoms with E-state index in [0.717, 1.165) is 37.5 Å². The van der Waals surface area contributed by atoms with Gasteiger partial charge in [0, 0.05) is 30.4 Å². The van der Waals surface area contributed by atoms with Crippen LogP contribution in [0.2, 0.25) is 0 Å². The van der Waals surface area contributed by atoms with Crippen molar-refractivity contribution in [2.45, 2.75) is 68.9 Å². The molecule has 6 nitrogen and oxygen atoms in total. The molecule has 1 saturated heterocycles. The lowest BCUT2D eigenvalue weighted by molar-refractivity contribution is -0.113. The van der Waals surface area contributed by atoms with Crippen molar-refractivity contribution in [2.24, 2.45) is 0 Å². The minimum Gasteiger partial charge on any atom is -0.416 e. The van der Waals surface area contributed by atoms with Crippen LogP contribution in [0.4, 0.5) is 11.4 Å². The van der Waals surface area contributed by atoms with Gasteiger partial charge in [-0.25, -0.2) is 0 Å². The molecule has 1 aromatic heterocycles. The second-order valence-corrected chi connectivity index (χ2v) is 8.95. The molecule has 7 heteroatoms. The van der Waals surface area contributed by atoms with Gasteiger partial charge < -0.3 is 14.6 Å². The van der Waals surface area contributed by atoms with E-state index in [0.29, 0.717) is 11.1 Å². The van der Waals surface area contributed by atoms with Crippen molar-refractivity contribution >= 4 is 29.0 Å². The molecule has 1 aromatic carbocycles. The van der Waals surface area contributed by atoms with E-state index in [4.69, 9.17) is 4.42 Å². The van der Waals surface area contributed by atoms with Crippen molar-refractivity contribution in [1.82, 2.24) is 10.2 Å². The van der Waals surface area contributed by atoms with E-state index in [-0.39, 0.29) is 11.7 Å². The fraction of sp³-hybridized carbons (Fsp3) is 0.591. The van der Waals surface area contributed by atoms with Gasteiger partial charge >= 0.3 is 0 Å². The van der Waals surface area contributed by atoms with Crippen LogP contribution < -0.4 is 10.2 Å². The summed E-state index contributed by atoms with van der Waals surface area (Å²) in [7, 11) is 0. The molecule has 1 amide bonds. The Bertz CT molecular complexity index is 778. The van der Waals surface area contributed by atoms with E-state index in [1.807, 2.05) is 12.1 Å². The molecule has 156 valence electrons. The highest BCUT2D eigenvalue weighted by Gasteiger charge is 2.21. The molecule has 1 N–H and O–H groups in total. The van der Waals surface area contributed by atoms with Gasteiger partial charge in [-0.1, -0.05) is 43.9 Å². The zero-order chi connectivity index (χ0) is 19.9. The van der Waals surface area contributed by atoms with Crippen LogP contribution in [0, 0.1) is 0 Å². The summed E-state index contributed by atoms with van der Waals surface area (Å²) in [5.41, 5.74) is 2.06. The number of nitrogens with zero attached hydrogens (tertiary/aromatic N) is 3. The Morgan fingerprint density at radius 1 is 1.00 bits per heavy atom. The first-order valence-corrected chi connectivity index (χ1v) is 11.9. The number of amides is 1. The highest BCUT2D eigenvalue weighted by atomic mass is 32.2. The third kappa shape index (κ3) is 5.75. The standard InChI is InChI=1S/C22H30N4O2S/c27-20(16-29-22-25-24-21(28-22)17-8-4-3-5-9-17)23-18-10-12-19(13-11-18)26-14-6-1-2-7-15-26/h10-13,17H,1-9,14-16H2,(H,23,27). The fourth-order valence-electron chi connectivity index (χ4n) is 4.20. The van der Waals surface area contributed by atoms with Crippen LogP contribution in [0.25, 0.3) is 0 Å². The van der Waals surface area contributed by atoms with E-state index in [1.54, 1.807) is 0 Å². The maximum absolute atomic E-state index is 12.3. The van der Waals surface area contributed by atoms with Crippen molar-refractivity contribution in [3.63, 3.8) is 0 Å². The lowest BCUT2D eigenvalue weighted by Crippen LogP contribution is -2.23. The van der Waals surface area contributed by atoms with Gasteiger partial charge in [-0.3, -0.25) is 4.79 Å². The molecule has 0 bridgehead atoms. The molecule has 2 aliphatic rings. The Morgan fingerprint density at radius 2 is 1.69 bits per heavy atom. The summed E-state index contributed by atoms with van der Waals surface area (Å²) < 4.78 is 5.77. The van der Waals surface area contributed by atoms with Crippen LogP contribution in [-0.2, 0) is 4.79 Å². The van der Waals surface area contributed by atoms with Crippen molar-refractivity contribution in [2.75, 3.05) is 29.1 Å². The Kier molecular flexibility index (Phi) is 7.09. The largest absolute Gasteiger partial charge is 0.416 e. The molecule has 1 aliphatic carbocycles. The van der Waals surface area contributed by atoms with E-state index < -0.39 is 0 Å². The second kappa shape index (κ2) is 10.1. The summed E-state index contributed by atoms with van der Waals surface area (Å²) in [6.07, 6.45) is 11.2. The number of thioether (sulfide) groups is 1. The summed E-state index contributed by atoms with van der Waals surface area (Å²) in [5, 5.41) is 11.7. The molecule has 2 heterocycles. The molecule has 2 aromatic rings. The minimum absolute atomic E-state index is 0.0602. The number of carbonyl (C=O) groups is 1. The smallest absolute Gasteiger partial charge is 0.277 e. The lowest BCUT2D eigenvalue weighted by atomic mass is 9.89. The first kappa shape index (κ1) is 20.3. The molecule has 29 heavy (non-hydrogen) atoms. The van der Waals surface area contributed by atoms with Crippen molar-refractivity contribution in [3.05, 3.63) is 30.2 Å². The molecule has 1 saturated carbocycles. The van der Waals surface area contributed by atoms with Gasteiger partial charge in [0.1, 0.15) is 0 Å². The van der Waals surface area contributed by atoms with Crippen LogP contribution in [0.3, 0.4) is 0 Å².